The van der Waals surface area contributed by atoms with Crippen LogP contribution in [0, 0.1) is 13.8 Å². The van der Waals surface area contributed by atoms with Crippen molar-refractivity contribution in [2.45, 2.75) is 26.9 Å². The van der Waals surface area contributed by atoms with Gasteiger partial charge in [-0.25, -0.2) is 0 Å². The van der Waals surface area contributed by atoms with Crippen molar-refractivity contribution in [3.8, 4) is 0 Å². The van der Waals surface area contributed by atoms with Crippen molar-refractivity contribution < 1.29 is 4.90 Å². The smallest absolute Gasteiger partial charge is 0.232 e. The highest BCUT2D eigenvalue weighted by Crippen LogP contribution is 2.17. The molecule has 6 nitrogen and oxygen atoms in total. The summed E-state index contributed by atoms with van der Waals surface area (Å²) in [6, 6.07) is 10.2. The molecule has 0 saturated heterocycles. The van der Waals surface area contributed by atoms with Gasteiger partial charge in [-0.3, -0.25) is 0 Å². The lowest BCUT2D eigenvalue weighted by Crippen LogP contribution is -3.06. The molecule has 130 valence electrons. The Hall–Kier alpha value is -2.51. The van der Waals surface area contributed by atoms with E-state index in [1.165, 1.54) is 15.3 Å². The molecule has 0 bridgehead atoms. The first-order chi connectivity index (χ1) is 12.0. The molecule has 2 heterocycles. The van der Waals surface area contributed by atoms with Crippen LogP contribution in [-0.2, 0) is 13.1 Å². The molecular weight excluding hydrogens is 332 g/mol. The summed E-state index contributed by atoms with van der Waals surface area (Å²) in [6.45, 7) is 5.81. The van der Waals surface area contributed by atoms with E-state index in [9.17, 15) is 0 Å². The van der Waals surface area contributed by atoms with Gasteiger partial charge in [-0.15, -0.1) is 11.3 Å². The first-order valence-corrected chi connectivity index (χ1v) is 9.06. The van der Waals surface area contributed by atoms with Crippen LogP contribution in [0.1, 0.15) is 21.8 Å². The molecule has 3 aromatic rings. The third-order valence-corrected chi connectivity index (χ3v) is 5.00. The zero-order chi connectivity index (χ0) is 17.8. The summed E-state index contributed by atoms with van der Waals surface area (Å²) in [4.78, 5) is 15.7. The third-order valence-electron chi connectivity index (χ3n) is 3.98. The van der Waals surface area contributed by atoms with E-state index in [0.29, 0.717) is 18.3 Å². The Morgan fingerprint density at radius 1 is 1.04 bits per heavy atom. The molecule has 0 fully saturated rings. The van der Waals surface area contributed by atoms with Crippen molar-refractivity contribution in [2.24, 2.45) is 0 Å². The largest absolute Gasteiger partial charge is 0.368 e. The minimum Gasteiger partial charge on any atom is -0.368 e. The number of hydrogen-bond acceptors (Lipinski definition) is 6. The summed E-state index contributed by atoms with van der Waals surface area (Å²) in [5.41, 5.74) is 9.30. The number of anilines is 3. The van der Waals surface area contributed by atoms with Gasteiger partial charge in [-0.2, -0.15) is 15.0 Å². The van der Waals surface area contributed by atoms with Gasteiger partial charge in [-0.1, -0.05) is 18.2 Å². The van der Waals surface area contributed by atoms with Crippen LogP contribution in [0.5, 0.6) is 0 Å². The van der Waals surface area contributed by atoms with E-state index in [1.54, 1.807) is 11.3 Å². The van der Waals surface area contributed by atoms with Crippen LogP contribution in [0.15, 0.2) is 35.7 Å². The average molecular weight is 355 g/mol. The molecule has 0 aliphatic carbocycles. The van der Waals surface area contributed by atoms with Crippen molar-refractivity contribution >= 4 is 28.9 Å². The van der Waals surface area contributed by atoms with Crippen LogP contribution in [0.3, 0.4) is 0 Å². The molecule has 2 aromatic heterocycles. The number of nitrogens with one attached hydrogen (secondary N) is 2. The van der Waals surface area contributed by atoms with Gasteiger partial charge in [0.25, 0.3) is 0 Å². The fraction of sp³-hybridized carbons (Fsp3) is 0.278. The number of nitrogens with two attached hydrogens (primary N) is 1. The average Bonchev–Trinajstić information content (AvgIpc) is 2.94. The van der Waals surface area contributed by atoms with Crippen LogP contribution in [-0.4, -0.2) is 22.0 Å². The lowest BCUT2D eigenvalue weighted by atomic mass is 10.2. The number of nitrogen functional groups attached to an aromatic ring is 1. The van der Waals surface area contributed by atoms with E-state index in [4.69, 9.17) is 5.73 Å². The van der Waals surface area contributed by atoms with Crippen LogP contribution in [0.4, 0.5) is 17.6 Å². The van der Waals surface area contributed by atoms with Crippen molar-refractivity contribution in [3.63, 3.8) is 0 Å². The molecule has 0 radical (unpaired) electrons. The molecule has 0 aliphatic rings. The topological polar surface area (TPSA) is 81.2 Å². The Bertz CT molecular complexity index is 860. The van der Waals surface area contributed by atoms with Crippen LogP contribution < -0.4 is 16.0 Å². The van der Waals surface area contributed by atoms with E-state index in [1.807, 2.05) is 31.2 Å². The second-order valence-electron chi connectivity index (χ2n) is 6.21. The lowest BCUT2D eigenvalue weighted by Gasteiger charge is -2.14. The Balaban J connectivity index is 1.73. The maximum atomic E-state index is 5.88. The van der Waals surface area contributed by atoms with Crippen molar-refractivity contribution in [2.75, 3.05) is 18.1 Å². The van der Waals surface area contributed by atoms with Gasteiger partial charge in [0, 0.05) is 5.69 Å². The van der Waals surface area contributed by atoms with Gasteiger partial charge < -0.3 is 16.0 Å². The Labute approximate surface area is 151 Å². The molecule has 0 aliphatic heterocycles. The van der Waals surface area contributed by atoms with Crippen molar-refractivity contribution in [3.05, 3.63) is 57.5 Å². The molecule has 0 saturated carbocycles. The molecule has 1 unspecified atom stereocenters. The summed E-state index contributed by atoms with van der Waals surface area (Å²) < 4.78 is 0. The number of quaternary nitrogens is 1. The van der Waals surface area contributed by atoms with Gasteiger partial charge >= 0.3 is 0 Å². The molecular formula is C18H23N6S+. The molecule has 1 atom stereocenters. The Morgan fingerprint density at radius 2 is 1.84 bits per heavy atom. The highest BCUT2D eigenvalue weighted by atomic mass is 32.1. The van der Waals surface area contributed by atoms with Crippen molar-refractivity contribution in [1.82, 2.24) is 15.0 Å². The van der Waals surface area contributed by atoms with Gasteiger partial charge in [0.05, 0.1) is 11.9 Å². The molecule has 0 spiro atoms. The minimum atomic E-state index is 0.237. The SMILES string of the molecule is Cc1ccccc1Nc1nc(N)nc(C[NH+](C)Cc2sccc2C)n1. The maximum absolute atomic E-state index is 5.88. The predicted octanol–water partition coefficient (Wildman–Crippen LogP) is 2.09. The summed E-state index contributed by atoms with van der Waals surface area (Å²) in [7, 11) is 2.13. The minimum absolute atomic E-state index is 0.237. The zero-order valence-electron chi connectivity index (χ0n) is 14.7. The van der Waals surface area contributed by atoms with E-state index < -0.39 is 0 Å². The van der Waals surface area contributed by atoms with Gasteiger partial charge in [0.15, 0.2) is 5.82 Å². The number of para-hydroxylation sites is 1. The van der Waals surface area contributed by atoms with Gasteiger partial charge in [0.1, 0.15) is 13.1 Å². The first kappa shape index (κ1) is 17.3. The number of aromatic nitrogens is 3. The zero-order valence-corrected chi connectivity index (χ0v) is 15.5. The lowest BCUT2D eigenvalue weighted by molar-refractivity contribution is -0.908. The van der Waals surface area contributed by atoms with Gasteiger partial charge in [0.2, 0.25) is 11.9 Å². The van der Waals surface area contributed by atoms with E-state index >= 15 is 0 Å². The molecule has 1 aromatic carbocycles. The maximum Gasteiger partial charge on any atom is 0.232 e. The van der Waals surface area contributed by atoms with Crippen LogP contribution in [0.2, 0.25) is 0 Å². The molecule has 0 amide bonds. The number of nitrogens with zero attached hydrogens (tertiary/aromatic N) is 3. The quantitative estimate of drug-likeness (QED) is 0.631. The molecule has 3 rings (SSSR count). The number of benzene rings is 1. The monoisotopic (exact) mass is 355 g/mol. The summed E-state index contributed by atoms with van der Waals surface area (Å²) in [6.07, 6.45) is 0. The Morgan fingerprint density at radius 3 is 2.56 bits per heavy atom. The molecule has 25 heavy (non-hydrogen) atoms. The van der Waals surface area contributed by atoms with E-state index in [0.717, 1.165) is 17.8 Å². The van der Waals surface area contributed by atoms with Crippen LogP contribution in [0.25, 0.3) is 0 Å². The second kappa shape index (κ2) is 7.58. The van der Waals surface area contributed by atoms with Crippen molar-refractivity contribution in [1.29, 1.82) is 0 Å². The fourth-order valence-corrected chi connectivity index (χ4v) is 3.62. The number of hydrogen-bond donors (Lipinski definition) is 3. The van der Waals surface area contributed by atoms with Crippen LogP contribution >= 0.6 is 11.3 Å². The highest BCUT2D eigenvalue weighted by Gasteiger charge is 2.13. The Kier molecular flexibility index (Phi) is 5.25. The van der Waals surface area contributed by atoms with E-state index in [2.05, 4.69) is 45.7 Å². The molecule has 4 N–H and O–H groups in total. The number of aryl methyl sites for hydroxylation is 2. The highest BCUT2D eigenvalue weighted by molar-refractivity contribution is 7.10. The number of thiophene rings is 1. The second-order valence-corrected chi connectivity index (χ2v) is 7.21. The number of rotatable bonds is 6. The standard InChI is InChI=1S/C18H22N6S/c1-12-6-4-5-7-14(12)20-18-22-16(21-17(19)23-18)11-24(3)10-15-13(2)8-9-25-15/h4-9H,10-11H2,1-3H3,(H3,19,20,21,22,23)/p+1. The predicted molar refractivity (Wildman–Crippen MR) is 102 cm³/mol. The van der Waals surface area contributed by atoms with E-state index in [-0.39, 0.29) is 5.95 Å². The first-order valence-electron chi connectivity index (χ1n) is 8.18. The van der Waals surface area contributed by atoms with Gasteiger partial charge in [-0.05, 0) is 42.5 Å². The normalized spacial score (nSPS) is 12.1. The molecule has 7 heteroatoms. The fourth-order valence-electron chi connectivity index (χ4n) is 2.60. The summed E-state index contributed by atoms with van der Waals surface area (Å²) in [5, 5.41) is 5.36. The summed E-state index contributed by atoms with van der Waals surface area (Å²) >= 11 is 1.79. The third kappa shape index (κ3) is 4.52. The summed E-state index contributed by atoms with van der Waals surface area (Å²) in [5.74, 6) is 1.41.